The smallest absolute Gasteiger partial charge is 0.0502 e. The van der Waals surface area contributed by atoms with Crippen LogP contribution in [-0.4, -0.2) is 4.98 Å². The average molecular weight is 336 g/mol. The minimum absolute atomic E-state index is 0.729. The minimum atomic E-state index is 0.729. The Morgan fingerprint density at radius 3 is 2.89 bits per heavy atom. The standard InChI is InChI=1S/C15H12BrClN2/c16-13-3-2-12(17)8-15(13)19-9-10-1-4-14-11(7-10)5-6-18-14/h1-8,18-19H,9H2. The molecule has 0 aliphatic rings. The van der Waals surface area contributed by atoms with Gasteiger partial charge in [-0.1, -0.05) is 17.7 Å². The Morgan fingerprint density at radius 2 is 2.00 bits per heavy atom. The van der Waals surface area contributed by atoms with Crippen LogP contribution in [0.2, 0.25) is 5.02 Å². The molecule has 1 heterocycles. The van der Waals surface area contributed by atoms with Crippen LogP contribution >= 0.6 is 27.5 Å². The maximum Gasteiger partial charge on any atom is 0.0502 e. The molecule has 3 rings (SSSR count). The molecule has 0 radical (unpaired) electrons. The third-order valence-corrected chi connectivity index (χ3v) is 3.96. The van der Waals surface area contributed by atoms with Gasteiger partial charge in [-0.25, -0.2) is 0 Å². The maximum atomic E-state index is 6.00. The van der Waals surface area contributed by atoms with Gasteiger partial charge in [-0.2, -0.15) is 0 Å². The van der Waals surface area contributed by atoms with E-state index < -0.39 is 0 Å². The lowest BCUT2D eigenvalue weighted by Gasteiger charge is -2.09. The van der Waals surface area contributed by atoms with Crippen molar-refractivity contribution < 1.29 is 0 Å². The third kappa shape index (κ3) is 2.77. The number of rotatable bonds is 3. The first-order valence-electron chi connectivity index (χ1n) is 5.97. The molecule has 0 saturated heterocycles. The van der Waals surface area contributed by atoms with Gasteiger partial charge in [0.25, 0.3) is 0 Å². The largest absolute Gasteiger partial charge is 0.380 e. The molecule has 3 aromatic rings. The summed E-state index contributed by atoms with van der Waals surface area (Å²) in [5.41, 5.74) is 3.40. The lowest BCUT2D eigenvalue weighted by atomic mass is 10.1. The molecule has 0 amide bonds. The molecule has 2 aromatic carbocycles. The molecule has 4 heteroatoms. The second-order valence-corrected chi connectivity index (χ2v) is 5.67. The molecule has 0 aliphatic heterocycles. The molecule has 1 aromatic heterocycles. The highest BCUT2D eigenvalue weighted by molar-refractivity contribution is 9.10. The summed E-state index contributed by atoms with van der Waals surface area (Å²) in [6, 6.07) is 14.2. The molecule has 0 unspecified atom stereocenters. The zero-order valence-corrected chi connectivity index (χ0v) is 12.4. The van der Waals surface area contributed by atoms with Gasteiger partial charge in [0.1, 0.15) is 0 Å². The fraction of sp³-hybridized carbons (Fsp3) is 0.0667. The number of H-pyrrole nitrogens is 1. The molecule has 2 N–H and O–H groups in total. The van der Waals surface area contributed by atoms with Crippen molar-refractivity contribution in [3.05, 3.63) is 63.7 Å². The van der Waals surface area contributed by atoms with Crippen molar-refractivity contribution in [3.8, 4) is 0 Å². The second kappa shape index (κ2) is 5.27. The Morgan fingerprint density at radius 1 is 1.11 bits per heavy atom. The van der Waals surface area contributed by atoms with Crippen molar-refractivity contribution in [2.24, 2.45) is 0 Å². The van der Waals surface area contributed by atoms with Crippen LogP contribution in [-0.2, 0) is 6.54 Å². The van der Waals surface area contributed by atoms with E-state index in [1.807, 2.05) is 24.4 Å². The summed E-state index contributed by atoms with van der Waals surface area (Å²) in [5.74, 6) is 0. The topological polar surface area (TPSA) is 27.8 Å². The fourth-order valence-electron chi connectivity index (χ4n) is 2.04. The van der Waals surface area contributed by atoms with Crippen molar-refractivity contribution in [1.82, 2.24) is 4.98 Å². The molecule has 0 saturated carbocycles. The molecule has 19 heavy (non-hydrogen) atoms. The van der Waals surface area contributed by atoms with Gasteiger partial charge in [-0.15, -0.1) is 0 Å². The van der Waals surface area contributed by atoms with E-state index in [2.05, 4.69) is 50.5 Å². The highest BCUT2D eigenvalue weighted by Gasteiger charge is 2.02. The van der Waals surface area contributed by atoms with Crippen LogP contribution in [0.1, 0.15) is 5.56 Å². The molecule has 0 bridgehead atoms. The van der Waals surface area contributed by atoms with Crippen molar-refractivity contribution >= 4 is 44.1 Å². The van der Waals surface area contributed by atoms with E-state index in [4.69, 9.17) is 11.6 Å². The summed E-state index contributed by atoms with van der Waals surface area (Å²) in [7, 11) is 0. The van der Waals surface area contributed by atoms with Crippen LogP contribution in [0.4, 0.5) is 5.69 Å². The SMILES string of the molecule is Clc1ccc(Br)c(NCc2ccc3[nH]ccc3c2)c1. The Bertz CT molecular complexity index is 721. The Hall–Kier alpha value is -1.45. The number of halogens is 2. The van der Waals surface area contributed by atoms with Crippen LogP contribution in [0, 0.1) is 0 Å². The first kappa shape index (κ1) is 12.6. The number of anilines is 1. The van der Waals surface area contributed by atoms with Crippen molar-refractivity contribution in [2.75, 3.05) is 5.32 Å². The summed E-state index contributed by atoms with van der Waals surface area (Å²) in [4.78, 5) is 3.19. The summed E-state index contributed by atoms with van der Waals surface area (Å²) >= 11 is 9.51. The molecule has 0 atom stereocenters. The number of aromatic amines is 1. The monoisotopic (exact) mass is 334 g/mol. The van der Waals surface area contributed by atoms with Gasteiger partial charge < -0.3 is 10.3 Å². The first-order chi connectivity index (χ1) is 9.22. The van der Waals surface area contributed by atoms with E-state index >= 15 is 0 Å². The van der Waals surface area contributed by atoms with E-state index in [0.717, 1.165) is 27.2 Å². The van der Waals surface area contributed by atoms with Crippen molar-refractivity contribution in [1.29, 1.82) is 0 Å². The van der Waals surface area contributed by atoms with Gasteiger partial charge >= 0.3 is 0 Å². The Balaban J connectivity index is 1.79. The normalized spacial score (nSPS) is 10.8. The molecule has 0 spiro atoms. The zero-order chi connectivity index (χ0) is 13.2. The highest BCUT2D eigenvalue weighted by atomic mass is 79.9. The molecule has 0 fully saturated rings. The highest BCUT2D eigenvalue weighted by Crippen LogP contribution is 2.26. The molecular weight excluding hydrogens is 324 g/mol. The van der Waals surface area contributed by atoms with Gasteiger partial charge in [0.15, 0.2) is 0 Å². The Kier molecular flexibility index (Phi) is 3.49. The zero-order valence-electron chi connectivity index (χ0n) is 10.1. The Labute approximate surface area is 124 Å². The quantitative estimate of drug-likeness (QED) is 0.677. The van der Waals surface area contributed by atoms with Crippen LogP contribution in [0.3, 0.4) is 0 Å². The van der Waals surface area contributed by atoms with Crippen molar-refractivity contribution in [3.63, 3.8) is 0 Å². The van der Waals surface area contributed by atoms with E-state index in [0.29, 0.717) is 0 Å². The molecule has 0 aliphatic carbocycles. The third-order valence-electron chi connectivity index (χ3n) is 3.03. The maximum absolute atomic E-state index is 6.00. The second-order valence-electron chi connectivity index (χ2n) is 4.38. The first-order valence-corrected chi connectivity index (χ1v) is 7.14. The predicted molar refractivity (Wildman–Crippen MR) is 84.8 cm³/mol. The van der Waals surface area contributed by atoms with Gasteiger partial charge in [-0.3, -0.25) is 0 Å². The average Bonchev–Trinajstić information content (AvgIpc) is 2.87. The number of aromatic nitrogens is 1. The predicted octanol–water partition coefficient (Wildman–Crippen LogP) is 5.20. The lowest BCUT2D eigenvalue weighted by Crippen LogP contribution is -1.99. The molecule has 2 nitrogen and oxygen atoms in total. The van der Waals surface area contributed by atoms with Crippen LogP contribution in [0.15, 0.2) is 53.1 Å². The van der Waals surface area contributed by atoms with Crippen LogP contribution < -0.4 is 5.32 Å². The number of hydrogen-bond acceptors (Lipinski definition) is 1. The summed E-state index contributed by atoms with van der Waals surface area (Å²) < 4.78 is 1.01. The number of benzene rings is 2. The van der Waals surface area contributed by atoms with E-state index in [-0.39, 0.29) is 0 Å². The molecular formula is C15H12BrClN2. The van der Waals surface area contributed by atoms with Gasteiger partial charge in [0, 0.05) is 27.8 Å². The van der Waals surface area contributed by atoms with Gasteiger partial charge in [0.2, 0.25) is 0 Å². The van der Waals surface area contributed by atoms with Crippen LogP contribution in [0.5, 0.6) is 0 Å². The number of fused-ring (bicyclic) bond motifs is 1. The number of nitrogens with one attached hydrogen (secondary N) is 2. The van der Waals surface area contributed by atoms with Crippen LogP contribution in [0.25, 0.3) is 10.9 Å². The summed E-state index contributed by atoms with van der Waals surface area (Å²) in [6.07, 6.45) is 1.95. The summed E-state index contributed by atoms with van der Waals surface area (Å²) in [5, 5.41) is 5.34. The van der Waals surface area contributed by atoms with Crippen molar-refractivity contribution in [2.45, 2.75) is 6.54 Å². The van der Waals surface area contributed by atoms with Gasteiger partial charge in [-0.05, 0) is 63.3 Å². The van der Waals surface area contributed by atoms with E-state index in [1.54, 1.807) is 0 Å². The summed E-state index contributed by atoms with van der Waals surface area (Å²) in [6.45, 7) is 0.764. The lowest BCUT2D eigenvalue weighted by molar-refractivity contribution is 1.15. The fourth-order valence-corrected chi connectivity index (χ4v) is 2.60. The van der Waals surface area contributed by atoms with E-state index in [1.165, 1.54) is 10.9 Å². The minimum Gasteiger partial charge on any atom is -0.380 e. The van der Waals surface area contributed by atoms with Gasteiger partial charge in [0.05, 0.1) is 5.69 Å². The van der Waals surface area contributed by atoms with E-state index in [9.17, 15) is 0 Å². The number of hydrogen-bond donors (Lipinski definition) is 2. The molecule has 96 valence electrons.